The molecule has 7 nitrogen and oxygen atoms in total. The van der Waals surface area contributed by atoms with Crippen molar-refractivity contribution in [3.05, 3.63) is 82.9 Å². The number of phenolic OH excluding ortho intramolecular Hbond substituents is 1. The molecule has 1 amide bonds. The number of aromatic hydroxyl groups is 1. The highest BCUT2D eigenvalue weighted by molar-refractivity contribution is 7.89. The second kappa shape index (κ2) is 7.83. The lowest BCUT2D eigenvalue weighted by atomic mass is 10.0. The van der Waals surface area contributed by atoms with Gasteiger partial charge in [-0.15, -0.1) is 0 Å². The number of nitrogens with zero attached hydrogens (tertiary/aromatic N) is 2. The largest absolute Gasteiger partial charge is 0.507 e. The first kappa shape index (κ1) is 21.4. The number of phenols is 1. The van der Waals surface area contributed by atoms with Gasteiger partial charge in [-0.1, -0.05) is 36.4 Å². The van der Waals surface area contributed by atoms with Gasteiger partial charge in [-0.3, -0.25) is 9.59 Å². The van der Waals surface area contributed by atoms with Crippen LogP contribution in [0.1, 0.15) is 31.8 Å². The second-order valence-corrected chi connectivity index (χ2v) is 10.2. The third kappa shape index (κ3) is 3.51. The zero-order chi connectivity index (χ0) is 23.3. The quantitative estimate of drug-likeness (QED) is 0.505. The summed E-state index contributed by atoms with van der Waals surface area (Å²) >= 11 is 0. The number of ketones is 1. The van der Waals surface area contributed by atoms with Crippen LogP contribution in [0, 0.1) is 6.92 Å². The molecule has 1 aliphatic carbocycles. The average molecular weight is 463 g/mol. The molecular formula is C25H22N2O5S. The minimum atomic E-state index is -3.87. The molecule has 1 aliphatic heterocycles. The van der Waals surface area contributed by atoms with Gasteiger partial charge in [0.15, 0.2) is 5.78 Å². The number of fused-ring (bicyclic) bond motifs is 3. The molecule has 168 valence electrons. The van der Waals surface area contributed by atoms with E-state index in [2.05, 4.69) is 0 Å². The molecule has 0 atom stereocenters. The maximum absolute atomic E-state index is 13.1. The number of hydrogen-bond donors (Lipinski definition) is 1. The van der Waals surface area contributed by atoms with Crippen molar-refractivity contribution in [2.45, 2.75) is 11.8 Å². The highest BCUT2D eigenvalue weighted by Crippen LogP contribution is 2.37. The van der Waals surface area contributed by atoms with E-state index in [9.17, 15) is 23.1 Å². The van der Waals surface area contributed by atoms with Crippen molar-refractivity contribution < 1.29 is 23.1 Å². The number of rotatable bonds is 3. The monoisotopic (exact) mass is 462 g/mol. The molecule has 33 heavy (non-hydrogen) atoms. The van der Waals surface area contributed by atoms with Crippen molar-refractivity contribution in [3.8, 4) is 16.9 Å². The van der Waals surface area contributed by atoms with Crippen molar-refractivity contribution in [1.29, 1.82) is 0 Å². The zero-order valence-electron chi connectivity index (χ0n) is 18.0. The topological polar surface area (TPSA) is 95.0 Å². The van der Waals surface area contributed by atoms with Gasteiger partial charge in [0.05, 0.1) is 0 Å². The molecule has 1 saturated heterocycles. The van der Waals surface area contributed by atoms with Crippen LogP contribution in [0.4, 0.5) is 0 Å². The number of sulfonamides is 1. The van der Waals surface area contributed by atoms with Gasteiger partial charge in [0.2, 0.25) is 10.0 Å². The van der Waals surface area contributed by atoms with Crippen LogP contribution in [0.25, 0.3) is 11.1 Å². The van der Waals surface area contributed by atoms with Crippen LogP contribution in [0.3, 0.4) is 0 Å². The molecule has 3 aromatic rings. The summed E-state index contributed by atoms with van der Waals surface area (Å²) in [7, 11) is -3.87. The van der Waals surface area contributed by atoms with Gasteiger partial charge < -0.3 is 10.0 Å². The van der Waals surface area contributed by atoms with Gasteiger partial charge in [0.25, 0.3) is 5.91 Å². The van der Waals surface area contributed by atoms with Crippen molar-refractivity contribution in [2.24, 2.45) is 0 Å². The summed E-state index contributed by atoms with van der Waals surface area (Å²) in [6.07, 6.45) is 0. The van der Waals surface area contributed by atoms with Gasteiger partial charge in [0, 0.05) is 42.9 Å². The molecule has 0 bridgehead atoms. The van der Waals surface area contributed by atoms with E-state index in [4.69, 9.17) is 0 Å². The smallest absolute Gasteiger partial charge is 0.253 e. The first-order valence-corrected chi connectivity index (χ1v) is 12.1. The predicted octanol–water partition coefficient (Wildman–Crippen LogP) is 3.06. The van der Waals surface area contributed by atoms with E-state index in [1.54, 1.807) is 42.2 Å². The van der Waals surface area contributed by atoms with Gasteiger partial charge in [-0.25, -0.2) is 8.42 Å². The van der Waals surface area contributed by atoms with Crippen LogP contribution in [0.5, 0.6) is 5.75 Å². The second-order valence-electron chi connectivity index (χ2n) is 8.30. The van der Waals surface area contributed by atoms with Crippen LogP contribution in [-0.4, -0.2) is 60.6 Å². The molecule has 0 unspecified atom stereocenters. The Kier molecular flexibility index (Phi) is 5.07. The van der Waals surface area contributed by atoms with E-state index < -0.39 is 10.0 Å². The van der Waals surface area contributed by atoms with Crippen LogP contribution < -0.4 is 0 Å². The summed E-state index contributed by atoms with van der Waals surface area (Å²) in [6, 6.07) is 17.0. The molecule has 3 aromatic carbocycles. The Bertz CT molecular complexity index is 1410. The molecule has 8 heteroatoms. The first-order valence-electron chi connectivity index (χ1n) is 10.6. The SMILES string of the molecule is Cc1ccc(O)c(S(=O)(=O)N2CCN(C(=O)c3ccc4c(c3)C(=O)c3ccccc3-4)CC2)c1. The lowest BCUT2D eigenvalue weighted by molar-refractivity contribution is 0.0697. The predicted molar refractivity (Wildman–Crippen MR) is 123 cm³/mol. The maximum atomic E-state index is 13.1. The first-order chi connectivity index (χ1) is 15.8. The lowest BCUT2D eigenvalue weighted by Crippen LogP contribution is -2.50. The Morgan fingerprint density at radius 3 is 2.24 bits per heavy atom. The molecule has 5 rings (SSSR count). The third-order valence-electron chi connectivity index (χ3n) is 6.23. The van der Waals surface area contributed by atoms with Gasteiger partial charge in [0.1, 0.15) is 10.6 Å². The van der Waals surface area contributed by atoms with Gasteiger partial charge in [-0.05, 0) is 47.9 Å². The highest BCUT2D eigenvalue weighted by Gasteiger charge is 2.33. The Balaban J connectivity index is 1.33. The maximum Gasteiger partial charge on any atom is 0.253 e. The van der Waals surface area contributed by atoms with Crippen LogP contribution in [0.2, 0.25) is 0 Å². The number of amides is 1. The van der Waals surface area contributed by atoms with E-state index in [-0.39, 0.29) is 48.5 Å². The fraction of sp³-hybridized carbons (Fsp3) is 0.200. The van der Waals surface area contributed by atoms with Crippen LogP contribution in [0.15, 0.2) is 65.6 Å². The fourth-order valence-electron chi connectivity index (χ4n) is 4.44. The fourth-order valence-corrected chi connectivity index (χ4v) is 6.03. The van der Waals surface area contributed by atoms with E-state index in [1.807, 2.05) is 18.2 Å². The normalized spacial score (nSPS) is 15.9. The van der Waals surface area contributed by atoms with Crippen LogP contribution >= 0.6 is 0 Å². The number of carbonyl (C=O) groups excluding carboxylic acids is 2. The summed E-state index contributed by atoms with van der Waals surface area (Å²) in [5, 5.41) is 10.1. The molecule has 1 fully saturated rings. The molecule has 2 aliphatic rings. The lowest BCUT2D eigenvalue weighted by Gasteiger charge is -2.34. The Morgan fingerprint density at radius 2 is 1.52 bits per heavy atom. The number of carbonyl (C=O) groups is 2. The van der Waals surface area contributed by atoms with Crippen molar-refractivity contribution in [3.63, 3.8) is 0 Å². The van der Waals surface area contributed by atoms with Gasteiger partial charge in [-0.2, -0.15) is 4.31 Å². The van der Waals surface area contributed by atoms with Crippen molar-refractivity contribution in [1.82, 2.24) is 9.21 Å². The molecule has 1 heterocycles. The van der Waals surface area contributed by atoms with E-state index >= 15 is 0 Å². The minimum Gasteiger partial charge on any atom is -0.507 e. The van der Waals surface area contributed by atoms with Crippen molar-refractivity contribution in [2.75, 3.05) is 26.2 Å². The molecule has 0 aromatic heterocycles. The Morgan fingerprint density at radius 1 is 0.848 bits per heavy atom. The molecule has 0 spiro atoms. The summed E-state index contributed by atoms with van der Waals surface area (Å²) in [4.78, 5) is 27.3. The zero-order valence-corrected chi connectivity index (χ0v) is 18.8. The van der Waals surface area contributed by atoms with E-state index in [1.165, 1.54) is 16.4 Å². The van der Waals surface area contributed by atoms with Crippen LogP contribution in [-0.2, 0) is 10.0 Å². The number of piperazine rings is 1. The third-order valence-corrected chi connectivity index (χ3v) is 8.16. The van der Waals surface area contributed by atoms with E-state index in [0.717, 1.165) is 16.7 Å². The Hall–Kier alpha value is -3.49. The molecular weight excluding hydrogens is 440 g/mol. The summed E-state index contributed by atoms with van der Waals surface area (Å²) in [5.41, 5.74) is 3.97. The molecule has 0 saturated carbocycles. The van der Waals surface area contributed by atoms with Crippen molar-refractivity contribution >= 4 is 21.7 Å². The highest BCUT2D eigenvalue weighted by atomic mass is 32.2. The Labute approximate surface area is 191 Å². The molecule has 0 radical (unpaired) electrons. The average Bonchev–Trinajstić information content (AvgIpc) is 3.12. The molecule has 1 N–H and O–H groups in total. The number of aryl methyl sites for hydroxylation is 1. The summed E-state index contributed by atoms with van der Waals surface area (Å²) in [5.74, 6) is -0.621. The van der Waals surface area contributed by atoms with E-state index in [0.29, 0.717) is 16.7 Å². The summed E-state index contributed by atoms with van der Waals surface area (Å²) < 4.78 is 27.3. The summed E-state index contributed by atoms with van der Waals surface area (Å²) in [6.45, 7) is 2.44. The minimum absolute atomic E-state index is 0.0934. The number of benzene rings is 3. The van der Waals surface area contributed by atoms with Gasteiger partial charge >= 0.3 is 0 Å². The number of hydrogen-bond acceptors (Lipinski definition) is 5. The standard InChI is InChI=1S/C25H22N2O5S/c1-16-6-9-22(28)23(14-16)33(31,32)27-12-10-26(11-13-27)25(30)17-7-8-19-18-4-2-3-5-20(18)24(29)21(19)15-17/h2-9,14-15,28H,10-13H2,1H3.